The number of nitriles is 1. The molecule has 0 saturated carbocycles. The van der Waals surface area contributed by atoms with Gasteiger partial charge in [0.2, 0.25) is 5.91 Å². The highest BCUT2D eigenvalue weighted by Gasteiger charge is 2.14. The number of hydrogen-bond acceptors (Lipinski definition) is 3. The molecule has 0 radical (unpaired) electrons. The van der Waals surface area contributed by atoms with E-state index >= 15 is 0 Å². The summed E-state index contributed by atoms with van der Waals surface area (Å²) in [5.74, 6) is -0.667. The normalized spacial score (nSPS) is 10.2. The maximum atomic E-state index is 13.2. The predicted molar refractivity (Wildman–Crippen MR) is 93.7 cm³/mol. The van der Waals surface area contributed by atoms with E-state index in [1.165, 1.54) is 12.1 Å². The lowest BCUT2D eigenvalue weighted by molar-refractivity contribution is -0.114. The van der Waals surface area contributed by atoms with Crippen LogP contribution >= 0.6 is 0 Å². The smallest absolute Gasteiger partial charge is 0.243 e. The van der Waals surface area contributed by atoms with Gasteiger partial charge in [-0.2, -0.15) is 5.26 Å². The Bertz CT molecular complexity index is 801. The van der Waals surface area contributed by atoms with Gasteiger partial charge >= 0.3 is 0 Å². The zero-order valence-corrected chi connectivity index (χ0v) is 14.3. The number of nitrogens with one attached hydrogen (secondary N) is 1. The lowest BCUT2D eigenvalue weighted by Crippen LogP contribution is -2.31. The molecule has 0 spiro atoms. The Hall–Kier alpha value is -2.87. The van der Waals surface area contributed by atoms with Crippen molar-refractivity contribution in [3.8, 4) is 6.07 Å². The van der Waals surface area contributed by atoms with Gasteiger partial charge in [0, 0.05) is 12.7 Å². The zero-order chi connectivity index (χ0) is 17.9. The first-order chi connectivity index (χ1) is 11.3. The predicted octanol–water partition coefficient (Wildman–Crippen LogP) is 3.70. The standard InChI is InChI=1S/C19H20FN3O/c1-12-7-13(2)19(14(3)8-12)22-18(24)11-23(4)17-6-5-16(20)9-15(17)10-21/h5-9H,11H2,1-4H3,(H,22,24). The van der Waals surface area contributed by atoms with Crippen LogP contribution in [-0.2, 0) is 4.79 Å². The SMILES string of the molecule is Cc1cc(C)c(NC(=O)CN(C)c2ccc(F)cc2C#N)c(C)c1. The van der Waals surface area contributed by atoms with E-state index in [9.17, 15) is 9.18 Å². The summed E-state index contributed by atoms with van der Waals surface area (Å²) in [5, 5.41) is 12.0. The number of nitrogens with zero attached hydrogens (tertiary/aromatic N) is 2. The molecule has 0 aliphatic rings. The summed E-state index contributed by atoms with van der Waals surface area (Å²) >= 11 is 0. The molecule has 0 unspecified atom stereocenters. The molecule has 1 amide bonds. The minimum absolute atomic E-state index is 0.0626. The summed E-state index contributed by atoms with van der Waals surface area (Å²) in [7, 11) is 1.70. The van der Waals surface area contributed by atoms with Crippen LogP contribution in [-0.4, -0.2) is 19.5 Å². The molecule has 24 heavy (non-hydrogen) atoms. The van der Waals surface area contributed by atoms with Crippen LogP contribution in [0.1, 0.15) is 22.3 Å². The van der Waals surface area contributed by atoms with Crippen LogP contribution in [0.2, 0.25) is 0 Å². The largest absolute Gasteiger partial charge is 0.364 e. The van der Waals surface area contributed by atoms with E-state index in [2.05, 4.69) is 5.32 Å². The van der Waals surface area contributed by atoms with E-state index in [0.29, 0.717) is 5.69 Å². The first-order valence-electron chi connectivity index (χ1n) is 7.60. The van der Waals surface area contributed by atoms with E-state index in [1.54, 1.807) is 11.9 Å². The first kappa shape index (κ1) is 17.5. The summed E-state index contributed by atoms with van der Waals surface area (Å²) < 4.78 is 13.2. The maximum Gasteiger partial charge on any atom is 0.243 e. The van der Waals surface area contributed by atoms with Crippen molar-refractivity contribution in [2.24, 2.45) is 0 Å². The Kier molecular flexibility index (Phi) is 5.20. The van der Waals surface area contributed by atoms with Crippen molar-refractivity contribution in [1.29, 1.82) is 5.26 Å². The van der Waals surface area contributed by atoms with Gasteiger partial charge in [-0.15, -0.1) is 0 Å². The van der Waals surface area contributed by atoms with Crippen LogP contribution in [0.15, 0.2) is 30.3 Å². The van der Waals surface area contributed by atoms with E-state index in [0.717, 1.165) is 28.4 Å². The van der Waals surface area contributed by atoms with Gasteiger partial charge in [-0.25, -0.2) is 4.39 Å². The van der Waals surface area contributed by atoms with Crippen molar-refractivity contribution in [3.05, 3.63) is 58.4 Å². The second kappa shape index (κ2) is 7.14. The molecule has 0 bridgehead atoms. The number of aryl methyl sites for hydroxylation is 3. The molecule has 2 rings (SSSR count). The van der Waals surface area contributed by atoms with Gasteiger partial charge in [-0.1, -0.05) is 17.7 Å². The molecular formula is C19H20FN3O. The van der Waals surface area contributed by atoms with E-state index < -0.39 is 5.82 Å². The molecule has 0 fully saturated rings. The number of rotatable bonds is 4. The highest BCUT2D eigenvalue weighted by atomic mass is 19.1. The van der Waals surface area contributed by atoms with Crippen molar-refractivity contribution in [2.75, 3.05) is 23.8 Å². The molecule has 0 heterocycles. The third-order valence-corrected chi connectivity index (χ3v) is 3.81. The Morgan fingerprint density at radius 3 is 2.42 bits per heavy atom. The van der Waals surface area contributed by atoms with Gasteiger partial charge in [0.1, 0.15) is 11.9 Å². The van der Waals surface area contributed by atoms with Gasteiger partial charge in [-0.3, -0.25) is 4.79 Å². The fourth-order valence-electron chi connectivity index (χ4n) is 2.79. The average molecular weight is 325 g/mol. The molecular weight excluding hydrogens is 305 g/mol. The molecule has 124 valence electrons. The van der Waals surface area contributed by atoms with Crippen LogP contribution < -0.4 is 10.2 Å². The number of halogens is 1. The van der Waals surface area contributed by atoms with E-state index in [-0.39, 0.29) is 18.0 Å². The Balaban J connectivity index is 2.15. The Labute approximate surface area is 141 Å². The fourth-order valence-corrected chi connectivity index (χ4v) is 2.79. The van der Waals surface area contributed by atoms with E-state index in [1.807, 2.05) is 39.0 Å². The van der Waals surface area contributed by atoms with Gasteiger partial charge in [-0.05, 0) is 50.1 Å². The molecule has 0 aliphatic heterocycles. The summed E-state index contributed by atoms with van der Waals surface area (Å²) in [5.41, 5.74) is 4.68. The Morgan fingerprint density at radius 1 is 1.21 bits per heavy atom. The van der Waals surface area contributed by atoms with Gasteiger partial charge in [0.15, 0.2) is 0 Å². The van der Waals surface area contributed by atoms with Crippen molar-refractivity contribution >= 4 is 17.3 Å². The minimum atomic E-state index is -0.473. The lowest BCUT2D eigenvalue weighted by Gasteiger charge is -2.21. The number of likely N-dealkylation sites (N-methyl/N-ethyl adjacent to an activating group) is 1. The first-order valence-corrected chi connectivity index (χ1v) is 7.60. The zero-order valence-electron chi connectivity index (χ0n) is 14.3. The van der Waals surface area contributed by atoms with Crippen molar-refractivity contribution in [1.82, 2.24) is 0 Å². The third kappa shape index (κ3) is 3.90. The molecule has 0 saturated heterocycles. The van der Waals surface area contributed by atoms with Crippen LogP contribution in [0.4, 0.5) is 15.8 Å². The number of carbonyl (C=O) groups excluding carboxylic acids is 1. The monoisotopic (exact) mass is 325 g/mol. The van der Waals surface area contributed by atoms with Crippen molar-refractivity contribution in [3.63, 3.8) is 0 Å². The summed E-state index contributed by atoms with van der Waals surface area (Å²) in [6.07, 6.45) is 0. The average Bonchev–Trinajstić information content (AvgIpc) is 2.50. The number of carbonyl (C=O) groups is 1. The summed E-state index contributed by atoms with van der Waals surface area (Å²) in [4.78, 5) is 14.0. The molecule has 4 nitrogen and oxygen atoms in total. The molecule has 0 aliphatic carbocycles. The van der Waals surface area contributed by atoms with E-state index in [4.69, 9.17) is 5.26 Å². The molecule has 1 N–H and O–H groups in total. The minimum Gasteiger partial charge on any atom is -0.364 e. The van der Waals surface area contributed by atoms with Crippen LogP contribution in [0.3, 0.4) is 0 Å². The second-order valence-corrected chi connectivity index (χ2v) is 5.95. The number of amides is 1. The number of benzene rings is 2. The van der Waals surface area contributed by atoms with Crippen LogP contribution in [0, 0.1) is 37.9 Å². The highest BCUT2D eigenvalue weighted by molar-refractivity contribution is 5.95. The lowest BCUT2D eigenvalue weighted by atomic mass is 10.1. The number of hydrogen-bond donors (Lipinski definition) is 1. The van der Waals surface area contributed by atoms with Crippen molar-refractivity contribution < 1.29 is 9.18 Å². The van der Waals surface area contributed by atoms with Gasteiger partial charge in [0.25, 0.3) is 0 Å². The molecule has 0 atom stereocenters. The van der Waals surface area contributed by atoms with Gasteiger partial charge in [0.05, 0.1) is 17.8 Å². The number of anilines is 2. The highest BCUT2D eigenvalue weighted by Crippen LogP contribution is 2.23. The molecule has 2 aromatic rings. The maximum absolute atomic E-state index is 13.2. The van der Waals surface area contributed by atoms with Crippen molar-refractivity contribution in [2.45, 2.75) is 20.8 Å². The molecule has 2 aromatic carbocycles. The Morgan fingerprint density at radius 2 is 1.83 bits per heavy atom. The molecule has 5 heteroatoms. The summed E-state index contributed by atoms with van der Waals surface area (Å²) in [6.45, 7) is 5.98. The second-order valence-electron chi connectivity index (χ2n) is 5.95. The van der Waals surface area contributed by atoms with Crippen LogP contribution in [0.25, 0.3) is 0 Å². The van der Waals surface area contributed by atoms with Gasteiger partial charge < -0.3 is 10.2 Å². The topological polar surface area (TPSA) is 56.1 Å². The fraction of sp³-hybridized carbons (Fsp3) is 0.263. The quantitative estimate of drug-likeness (QED) is 0.932. The third-order valence-electron chi connectivity index (χ3n) is 3.81. The molecule has 0 aromatic heterocycles. The van der Waals surface area contributed by atoms with Crippen LogP contribution in [0.5, 0.6) is 0 Å². The summed E-state index contributed by atoms with van der Waals surface area (Å²) in [6, 6.07) is 9.92.